The zero-order valence-corrected chi connectivity index (χ0v) is 18.3. The summed E-state index contributed by atoms with van der Waals surface area (Å²) in [5.74, 6) is 0.723. The smallest absolute Gasteiger partial charge is 0.243 e. The van der Waals surface area contributed by atoms with Crippen molar-refractivity contribution >= 4 is 38.9 Å². The third kappa shape index (κ3) is 4.40. The monoisotopic (exact) mass is 442 g/mol. The molecule has 0 amide bonds. The number of ether oxygens (including phenoxy) is 1. The minimum atomic E-state index is -3.55. The zero-order valence-electron chi connectivity index (χ0n) is 16.0. The van der Waals surface area contributed by atoms with E-state index in [0.29, 0.717) is 47.7 Å². The normalized spacial score (nSPS) is 15.6. The van der Waals surface area contributed by atoms with Crippen LogP contribution in [0.5, 0.6) is 5.75 Å². The van der Waals surface area contributed by atoms with Gasteiger partial charge >= 0.3 is 0 Å². The standard InChI is InChI=1S/C20H24Cl2N2O3S/c1-3-13-27-19-8-7-16(14-15(19)2)28(25,26)24-11-9-23(10-12-24)18-6-4-5-17(21)20(18)22/h4-8,14H,3,9-13H2,1-2H3. The zero-order chi connectivity index (χ0) is 20.3. The first kappa shape index (κ1) is 21.2. The van der Waals surface area contributed by atoms with Gasteiger partial charge in [-0.3, -0.25) is 0 Å². The molecule has 28 heavy (non-hydrogen) atoms. The third-order valence-corrected chi connectivity index (χ3v) is 7.46. The van der Waals surface area contributed by atoms with Gasteiger partial charge in [0, 0.05) is 26.2 Å². The molecule has 0 N–H and O–H groups in total. The predicted molar refractivity (Wildman–Crippen MR) is 114 cm³/mol. The number of anilines is 1. The van der Waals surface area contributed by atoms with Crippen LogP contribution in [0.1, 0.15) is 18.9 Å². The Hall–Kier alpha value is -1.47. The molecule has 0 bridgehead atoms. The van der Waals surface area contributed by atoms with E-state index in [-0.39, 0.29) is 0 Å². The summed E-state index contributed by atoms with van der Waals surface area (Å²) in [6.07, 6.45) is 0.903. The van der Waals surface area contributed by atoms with Gasteiger partial charge in [0.2, 0.25) is 10.0 Å². The van der Waals surface area contributed by atoms with Gasteiger partial charge in [-0.1, -0.05) is 36.2 Å². The summed E-state index contributed by atoms with van der Waals surface area (Å²) >= 11 is 12.4. The Morgan fingerprint density at radius 1 is 1.07 bits per heavy atom. The second kappa shape index (κ2) is 8.91. The number of hydrogen-bond donors (Lipinski definition) is 0. The van der Waals surface area contributed by atoms with Crippen LogP contribution in [0.25, 0.3) is 0 Å². The molecule has 0 saturated carbocycles. The van der Waals surface area contributed by atoms with Gasteiger partial charge in [0.05, 0.1) is 27.2 Å². The van der Waals surface area contributed by atoms with Crippen molar-refractivity contribution in [3.05, 3.63) is 52.0 Å². The molecule has 0 radical (unpaired) electrons. The van der Waals surface area contributed by atoms with Gasteiger partial charge in [-0.2, -0.15) is 4.31 Å². The number of hydrogen-bond acceptors (Lipinski definition) is 4. The average molecular weight is 443 g/mol. The molecule has 2 aromatic rings. The lowest BCUT2D eigenvalue weighted by Crippen LogP contribution is -2.48. The molecule has 1 saturated heterocycles. The highest BCUT2D eigenvalue weighted by molar-refractivity contribution is 7.89. The lowest BCUT2D eigenvalue weighted by atomic mass is 10.2. The molecule has 1 fully saturated rings. The van der Waals surface area contributed by atoms with Crippen molar-refractivity contribution in [3.8, 4) is 5.75 Å². The molecule has 0 spiro atoms. The third-order valence-electron chi connectivity index (χ3n) is 4.76. The Bertz CT molecular complexity index is 942. The Labute approximate surface area is 176 Å². The van der Waals surface area contributed by atoms with Crippen LogP contribution in [0.3, 0.4) is 0 Å². The molecule has 8 heteroatoms. The van der Waals surface area contributed by atoms with Gasteiger partial charge in [0.15, 0.2) is 0 Å². The number of rotatable bonds is 6. The van der Waals surface area contributed by atoms with Crippen LogP contribution in [0.15, 0.2) is 41.3 Å². The molecule has 0 unspecified atom stereocenters. The van der Waals surface area contributed by atoms with Crippen molar-refractivity contribution in [1.29, 1.82) is 0 Å². The minimum Gasteiger partial charge on any atom is -0.493 e. The largest absolute Gasteiger partial charge is 0.493 e. The quantitative estimate of drug-likeness (QED) is 0.655. The van der Waals surface area contributed by atoms with E-state index >= 15 is 0 Å². The first-order valence-electron chi connectivity index (χ1n) is 9.27. The van der Waals surface area contributed by atoms with Crippen LogP contribution in [0.4, 0.5) is 5.69 Å². The highest BCUT2D eigenvalue weighted by Gasteiger charge is 2.29. The minimum absolute atomic E-state index is 0.295. The molecule has 1 heterocycles. The van der Waals surface area contributed by atoms with Crippen LogP contribution in [-0.2, 0) is 10.0 Å². The molecule has 152 valence electrons. The lowest BCUT2D eigenvalue weighted by Gasteiger charge is -2.36. The summed E-state index contributed by atoms with van der Waals surface area (Å²) < 4.78 is 33.3. The van der Waals surface area contributed by atoms with E-state index in [1.165, 1.54) is 4.31 Å². The highest BCUT2D eigenvalue weighted by Crippen LogP contribution is 2.33. The molecule has 3 rings (SSSR count). The number of aryl methyl sites for hydroxylation is 1. The molecule has 5 nitrogen and oxygen atoms in total. The second-order valence-corrected chi connectivity index (χ2v) is 9.46. The maximum absolute atomic E-state index is 13.0. The first-order valence-corrected chi connectivity index (χ1v) is 11.5. The Kier molecular flexibility index (Phi) is 6.76. The van der Waals surface area contributed by atoms with Crippen molar-refractivity contribution < 1.29 is 13.2 Å². The van der Waals surface area contributed by atoms with E-state index in [1.807, 2.05) is 26.0 Å². The number of sulfonamides is 1. The van der Waals surface area contributed by atoms with Gasteiger partial charge < -0.3 is 9.64 Å². The Morgan fingerprint density at radius 3 is 2.43 bits per heavy atom. The average Bonchev–Trinajstić information content (AvgIpc) is 2.69. The van der Waals surface area contributed by atoms with Crippen molar-refractivity contribution in [2.75, 3.05) is 37.7 Å². The number of piperazine rings is 1. The Balaban J connectivity index is 1.72. The summed E-state index contributed by atoms with van der Waals surface area (Å²) in [5, 5.41) is 0.994. The van der Waals surface area contributed by atoms with E-state index in [0.717, 1.165) is 23.4 Å². The topological polar surface area (TPSA) is 49.9 Å². The van der Waals surface area contributed by atoms with Crippen LogP contribution >= 0.6 is 23.2 Å². The van der Waals surface area contributed by atoms with E-state index < -0.39 is 10.0 Å². The summed E-state index contributed by atoms with van der Waals surface area (Å²) in [4.78, 5) is 2.36. The van der Waals surface area contributed by atoms with Gasteiger partial charge in [-0.05, 0) is 49.2 Å². The fourth-order valence-corrected chi connectivity index (χ4v) is 5.13. The van der Waals surface area contributed by atoms with Crippen molar-refractivity contribution in [1.82, 2.24) is 4.31 Å². The summed E-state index contributed by atoms with van der Waals surface area (Å²) in [6, 6.07) is 10.5. The summed E-state index contributed by atoms with van der Waals surface area (Å²) in [6.45, 7) is 6.39. The highest BCUT2D eigenvalue weighted by atomic mass is 35.5. The van der Waals surface area contributed by atoms with Crippen LogP contribution in [0.2, 0.25) is 10.0 Å². The maximum atomic E-state index is 13.0. The van der Waals surface area contributed by atoms with Crippen molar-refractivity contribution in [2.45, 2.75) is 25.2 Å². The van der Waals surface area contributed by atoms with Crippen LogP contribution in [-0.4, -0.2) is 45.5 Å². The van der Waals surface area contributed by atoms with E-state index in [9.17, 15) is 8.42 Å². The van der Waals surface area contributed by atoms with E-state index in [1.54, 1.807) is 24.3 Å². The number of benzene rings is 2. The van der Waals surface area contributed by atoms with Crippen molar-refractivity contribution in [2.24, 2.45) is 0 Å². The first-order chi connectivity index (χ1) is 13.3. The Morgan fingerprint density at radius 2 is 1.79 bits per heavy atom. The van der Waals surface area contributed by atoms with E-state index in [4.69, 9.17) is 27.9 Å². The summed E-state index contributed by atoms with van der Waals surface area (Å²) in [7, 11) is -3.55. The molecule has 0 aliphatic carbocycles. The van der Waals surface area contributed by atoms with Crippen molar-refractivity contribution in [3.63, 3.8) is 0 Å². The van der Waals surface area contributed by atoms with Gasteiger partial charge in [0.25, 0.3) is 0 Å². The molecule has 2 aromatic carbocycles. The predicted octanol–water partition coefficient (Wildman–Crippen LogP) is 4.60. The fraction of sp³-hybridized carbons (Fsp3) is 0.400. The molecule has 1 aliphatic rings. The van der Waals surface area contributed by atoms with Gasteiger partial charge in [-0.15, -0.1) is 0 Å². The SMILES string of the molecule is CCCOc1ccc(S(=O)(=O)N2CCN(c3cccc(Cl)c3Cl)CC2)cc1C. The molecular weight excluding hydrogens is 419 g/mol. The maximum Gasteiger partial charge on any atom is 0.243 e. The number of halogens is 2. The number of nitrogens with zero attached hydrogens (tertiary/aromatic N) is 2. The molecule has 0 aromatic heterocycles. The second-order valence-electron chi connectivity index (χ2n) is 6.74. The lowest BCUT2D eigenvalue weighted by molar-refractivity contribution is 0.315. The fourth-order valence-electron chi connectivity index (χ4n) is 3.21. The van der Waals surface area contributed by atoms with Crippen LogP contribution < -0.4 is 9.64 Å². The van der Waals surface area contributed by atoms with Gasteiger partial charge in [0.1, 0.15) is 5.75 Å². The molecule has 1 aliphatic heterocycles. The molecular formula is C20H24Cl2N2O3S. The van der Waals surface area contributed by atoms with E-state index in [2.05, 4.69) is 4.90 Å². The van der Waals surface area contributed by atoms with Crippen LogP contribution in [0, 0.1) is 6.92 Å². The van der Waals surface area contributed by atoms with Gasteiger partial charge in [-0.25, -0.2) is 8.42 Å². The molecule has 0 atom stereocenters. The summed E-state index contributed by atoms with van der Waals surface area (Å²) in [5.41, 5.74) is 1.65.